The van der Waals surface area contributed by atoms with Gasteiger partial charge in [-0.1, -0.05) is 97.1 Å². The molecular formula is C104H100FN21O11. The van der Waals surface area contributed by atoms with Crippen LogP contribution >= 0.6 is 0 Å². The van der Waals surface area contributed by atoms with E-state index in [1.54, 1.807) is 110 Å². The number of imidazole rings is 4. The monoisotopic (exact) mass is 1840 g/mol. The summed E-state index contributed by atoms with van der Waals surface area (Å²) in [5.41, 5.74) is 8.90. The number of H-pyrrole nitrogens is 4. The van der Waals surface area contributed by atoms with Gasteiger partial charge in [0.25, 0.3) is 0 Å². The molecule has 6 aliphatic heterocycles. The number of aryl methyl sites for hydroxylation is 1. The van der Waals surface area contributed by atoms with Gasteiger partial charge in [-0.2, -0.15) is 0 Å². The number of amidine groups is 5. The first-order chi connectivity index (χ1) is 65.5. The van der Waals surface area contributed by atoms with Gasteiger partial charge in [0.2, 0.25) is 6.79 Å². The number of nitrogens with one attached hydrogen (secondary N) is 9. The number of aliphatic hydroxyl groups is 5. The van der Waals surface area contributed by atoms with Crippen LogP contribution in [0.5, 0.6) is 34.5 Å². The lowest BCUT2D eigenvalue weighted by Gasteiger charge is -2.34. The van der Waals surface area contributed by atoms with Crippen LogP contribution in [0.4, 0.5) is 32.8 Å². The van der Waals surface area contributed by atoms with E-state index in [0.29, 0.717) is 103 Å². The molecule has 0 saturated carbocycles. The number of aromatic nitrogens is 11. The highest BCUT2D eigenvalue weighted by atomic mass is 19.1. The van der Waals surface area contributed by atoms with E-state index < -0.39 is 33.5 Å². The van der Waals surface area contributed by atoms with Crippen molar-refractivity contribution in [3.05, 3.63) is 306 Å². The molecule has 12 heterocycles. The molecule has 0 spiro atoms. The highest BCUT2D eigenvalue weighted by Gasteiger charge is 2.52. The number of fused-ring (bicyclic) bond motifs is 7. The molecule has 6 aromatic heterocycles. The number of benzene rings is 10. The Morgan fingerprint density at radius 1 is 0.358 bits per heavy atom. The van der Waals surface area contributed by atoms with Crippen LogP contribution < -0.4 is 52.9 Å². The molecule has 0 atom stereocenters. The summed E-state index contributed by atoms with van der Waals surface area (Å²) in [5, 5.41) is 105. The van der Waals surface area contributed by atoms with Crippen LogP contribution in [0, 0.1) is 39.8 Å². The zero-order valence-corrected chi connectivity index (χ0v) is 77.7. The molecule has 0 radical (unpaired) electrons. The van der Waals surface area contributed by atoms with Crippen molar-refractivity contribution < 1.29 is 58.3 Å². The molecule has 33 heteroatoms. The number of pyridine rings is 1. The summed E-state index contributed by atoms with van der Waals surface area (Å²) >= 11 is 0. The van der Waals surface area contributed by atoms with Gasteiger partial charge in [-0.25, -0.2) is 33.8 Å². The molecule has 6 aliphatic rings. The van der Waals surface area contributed by atoms with Gasteiger partial charge in [0.1, 0.15) is 104 Å². The lowest BCUT2D eigenvalue weighted by molar-refractivity contribution is 0.174. The van der Waals surface area contributed by atoms with Crippen LogP contribution in [0.2, 0.25) is 0 Å². The number of hydrogen-bond acceptors (Lipinski definition) is 22. The van der Waals surface area contributed by atoms with Crippen LogP contribution in [0.1, 0.15) is 104 Å². The van der Waals surface area contributed by atoms with Gasteiger partial charge in [-0.3, -0.25) is 27.0 Å². The van der Waals surface area contributed by atoms with Crippen LogP contribution in [0.3, 0.4) is 0 Å². The smallest absolute Gasteiger partial charge is 0.231 e. The van der Waals surface area contributed by atoms with Gasteiger partial charge in [0.15, 0.2) is 34.5 Å². The van der Waals surface area contributed by atoms with Gasteiger partial charge >= 0.3 is 0 Å². The number of aromatic amines is 4. The summed E-state index contributed by atoms with van der Waals surface area (Å²) in [5.74, 6) is 6.44. The molecule has 137 heavy (non-hydrogen) atoms. The van der Waals surface area contributed by atoms with Crippen molar-refractivity contribution in [2.45, 2.75) is 104 Å². The molecule has 10 aromatic carbocycles. The number of hydrogen-bond donors (Lipinski definition) is 14. The number of halogens is 1. The van der Waals surface area contributed by atoms with Gasteiger partial charge < -0.3 is 98.4 Å². The largest absolute Gasteiger partial charge is 0.509 e. The zero-order valence-electron chi connectivity index (χ0n) is 77.7. The average molecular weight is 1840 g/mol. The third-order valence-electron chi connectivity index (χ3n) is 25.3. The Bertz CT molecular complexity index is 7640. The molecule has 14 N–H and O–H groups in total. The Hall–Kier alpha value is -17.3. The fourth-order valence-corrected chi connectivity index (χ4v) is 18.2. The van der Waals surface area contributed by atoms with Crippen molar-refractivity contribution in [1.82, 2.24) is 54.5 Å². The highest BCUT2D eigenvalue weighted by Crippen LogP contribution is 2.51. The first kappa shape index (κ1) is 90.3. The van der Waals surface area contributed by atoms with E-state index >= 15 is 0 Å². The molecular weight excluding hydrogens is 1740 g/mol. The fraction of sp³-hybridized carbons (Fsp3) is 0.202. The average Bonchev–Trinajstić information content (AvgIpc) is 1.57. The van der Waals surface area contributed by atoms with Gasteiger partial charge in [-0.05, 0) is 190 Å². The summed E-state index contributed by atoms with van der Waals surface area (Å²) in [6.45, 7) is 20.6. The topological polar surface area (TPSA) is 437 Å². The third kappa shape index (κ3) is 15.4. The number of aliphatic hydroxyl groups excluding tert-OH is 5. The number of methoxy groups -OCH3 is 4. The number of para-hydroxylation sites is 8. The summed E-state index contributed by atoms with van der Waals surface area (Å²) in [6, 6.07) is 71.2. The Balaban J connectivity index is 0.000000114. The first-order valence-electron chi connectivity index (χ1n) is 43.9. The molecule has 0 bridgehead atoms. The highest BCUT2D eigenvalue weighted by molar-refractivity contribution is 6.35. The second kappa shape index (κ2) is 34.4. The normalized spacial score (nSPS) is 16.7. The van der Waals surface area contributed by atoms with Crippen molar-refractivity contribution in [2.24, 2.45) is 0 Å². The number of anilines is 5. The van der Waals surface area contributed by atoms with Crippen molar-refractivity contribution in [3.63, 3.8) is 0 Å². The SMILES string of the molecule is CC1(C)C(O)=C(c2nc3ccccc3[nH]2)C(=N)N1c1ccc2c(c1)OCO2.CC1(C)C(O)=C(c2nc3ccccc3[nH]2)C(=N)N1c1cccc2ccccc12.COc1cc(OC)cc(N2C(=N)C(c3nc4ccccn4n3)=C(O)C2(C)C)c1.COc1ccc(N2C(=N)C(c3nc4ccccc4[nH]3)=C(O)C2(C)C)cc1OC.Cc1ccc(F)c(N2C(=N)C(c3nc4ccccc4[nH]3)=C(O)C2(C)C)c1. The van der Waals surface area contributed by atoms with E-state index in [0.717, 1.165) is 71.8 Å². The van der Waals surface area contributed by atoms with Gasteiger partial charge in [-0.15, -0.1) is 5.10 Å². The van der Waals surface area contributed by atoms with E-state index in [-0.39, 0.29) is 76.0 Å². The van der Waals surface area contributed by atoms with Crippen molar-refractivity contribution >= 4 is 146 Å². The maximum absolute atomic E-state index is 14.5. The second-order valence-corrected chi connectivity index (χ2v) is 35.8. The predicted molar refractivity (Wildman–Crippen MR) is 533 cm³/mol. The molecule has 16 aromatic rings. The Morgan fingerprint density at radius 3 is 1.22 bits per heavy atom. The summed E-state index contributed by atoms with van der Waals surface area (Å²) in [6.07, 6.45) is 1.78. The molecule has 32 nitrogen and oxygen atoms in total. The van der Waals surface area contributed by atoms with Gasteiger partial charge in [0.05, 0.1) is 140 Å². The molecule has 0 unspecified atom stereocenters. The Kier molecular flexibility index (Phi) is 22.7. The number of ether oxygens (including phenoxy) is 6. The minimum atomic E-state index is -0.972. The molecule has 22 rings (SSSR count). The van der Waals surface area contributed by atoms with Crippen molar-refractivity contribution in [2.75, 3.05) is 59.7 Å². The predicted octanol–water partition coefficient (Wildman–Crippen LogP) is 21.1. The Morgan fingerprint density at radius 2 is 0.752 bits per heavy atom. The molecule has 0 amide bonds. The summed E-state index contributed by atoms with van der Waals surface area (Å²) in [4.78, 5) is 44.1. The molecule has 0 aliphatic carbocycles. The van der Waals surface area contributed by atoms with Crippen LogP contribution in [0.15, 0.2) is 266 Å². The lowest BCUT2D eigenvalue weighted by atomic mass is 10.00. The maximum Gasteiger partial charge on any atom is 0.231 e. The molecule has 0 saturated heterocycles. The van der Waals surface area contributed by atoms with E-state index in [1.807, 2.05) is 237 Å². The zero-order chi connectivity index (χ0) is 97.0. The Labute approximate surface area is 785 Å². The lowest BCUT2D eigenvalue weighted by Crippen LogP contribution is -2.44. The number of nitrogens with zero attached hydrogens (tertiary/aromatic N) is 12. The van der Waals surface area contributed by atoms with Crippen LogP contribution in [-0.2, 0) is 0 Å². The van der Waals surface area contributed by atoms with E-state index in [4.69, 9.17) is 55.5 Å². The third-order valence-corrected chi connectivity index (χ3v) is 25.3. The van der Waals surface area contributed by atoms with Crippen molar-refractivity contribution in [3.8, 4) is 34.5 Å². The number of rotatable bonds is 14. The standard InChI is InChI=1S/C23H20N4O.C21H22N4O3.C20H19FN4O.C20H21N5O3.C20H18N4O3/c1-23(2)20(28)19(22-25-16-11-5-6-12-17(16)26-22)21(24)27(23)18-13-7-9-14-8-3-4-10-15(14)18;1-21(2)18(26)17(20-23-13-7-5-6-8-14(13)24-20)19(22)25(21)12-9-10-15(27-3)16(11-12)28-4;1-11-8-9-12(21)15(10-11)25-18(22)16(17(26)20(25,2)3)19-23-13-6-4-5-7-14(13)24-19;1-20(2)17(26)16(19-22-15-7-5-6-8-24(15)23-19)18(21)25(20)12-9-13(27-3)11-14(10-12)28-4;1-20(2)17(25)16(19-22-12-5-3-4-6-13(12)23-19)18(21)24(20)11-7-8-14-15(9-11)27-10-26-14/h3-13,24,28H,1-2H3,(H,25,26);5-11,22,26H,1-4H3,(H,23,24);4-10,22,26H,1-3H3,(H,23,24);5-11,21,26H,1-4H3;3-9,21,25H,10H2,1-2H3,(H,22,23). The molecule has 694 valence electrons. The maximum atomic E-state index is 14.5. The van der Waals surface area contributed by atoms with Gasteiger partial charge in [0, 0.05) is 53.3 Å². The van der Waals surface area contributed by atoms with Crippen LogP contribution in [0.25, 0.3) is 88.4 Å². The van der Waals surface area contributed by atoms with Crippen molar-refractivity contribution in [1.29, 1.82) is 27.0 Å². The minimum absolute atomic E-state index is 0.0102. The van der Waals surface area contributed by atoms with Crippen LogP contribution in [-0.4, -0.2) is 172 Å². The van der Waals surface area contributed by atoms with E-state index in [2.05, 4.69) is 62.1 Å². The van der Waals surface area contributed by atoms with E-state index in [1.165, 1.54) is 11.0 Å². The second-order valence-electron chi connectivity index (χ2n) is 35.8. The quantitative estimate of drug-likeness (QED) is 0.0481. The van der Waals surface area contributed by atoms with E-state index in [9.17, 15) is 29.9 Å². The fourth-order valence-electron chi connectivity index (χ4n) is 18.2. The summed E-state index contributed by atoms with van der Waals surface area (Å²) in [7, 11) is 6.28. The first-order valence-corrected chi connectivity index (χ1v) is 43.9. The summed E-state index contributed by atoms with van der Waals surface area (Å²) < 4.78 is 48.4. The molecule has 0 fully saturated rings. The minimum Gasteiger partial charge on any atom is -0.509 e.